The van der Waals surface area contributed by atoms with Crippen molar-refractivity contribution in [1.82, 2.24) is 19.7 Å². The number of hydrogen-bond donors (Lipinski definition) is 0. The van der Waals surface area contributed by atoms with E-state index in [0.29, 0.717) is 17.6 Å². The summed E-state index contributed by atoms with van der Waals surface area (Å²) >= 11 is 6.09. The average molecular weight is 267 g/mol. The lowest BCUT2D eigenvalue weighted by molar-refractivity contribution is 0.110. The highest BCUT2D eigenvalue weighted by Crippen LogP contribution is 2.32. The van der Waals surface area contributed by atoms with Gasteiger partial charge < -0.3 is 4.74 Å². The molecule has 0 aliphatic heterocycles. The predicted molar refractivity (Wildman–Crippen MR) is 68.3 cm³/mol. The van der Waals surface area contributed by atoms with Crippen LogP contribution in [0, 0.1) is 5.92 Å². The summed E-state index contributed by atoms with van der Waals surface area (Å²) < 4.78 is 7.27. The molecule has 0 amide bonds. The zero-order valence-corrected chi connectivity index (χ0v) is 11.0. The Bertz CT molecular complexity index is 564. The molecule has 6 heteroatoms. The zero-order valence-electron chi connectivity index (χ0n) is 10.3. The molecule has 0 aromatic carbocycles. The number of fused-ring (bicyclic) bond motifs is 1. The lowest BCUT2D eigenvalue weighted by Crippen LogP contribution is -2.03. The van der Waals surface area contributed by atoms with Gasteiger partial charge in [0, 0.05) is 13.7 Å². The van der Waals surface area contributed by atoms with Gasteiger partial charge in [-0.2, -0.15) is 5.10 Å². The number of aryl methyl sites for hydroxylation is 1. The molecule has 0 unspecified atom stereocenters. The number of aromatic nitrogens is 4. The van der Waals surface area contributed by atoms with Crippen molar-refractivity contribution in [2.75, 3.05) is 6.61 Å². The summed E-state index contributed by atoms with van der Waals surface area (Å²) in [5, 5.41) is 5.33. The molecule has 2 aromatic heterocycles. The third kappa shape index (κ3) is 2.47. The van der Waals surface area contributed by atoms with E-state index in [1.165, 1.54) is 12.8 Å². The van der Waals surface area contributed by atoms with Gasteiger partial charge in [0.1, 0.15) is 11.8 Å². The SMILES string of the molecule is Cn1ncc2c(Cl)nc(COCCC3CC3)nc21. The van der Waals surface area contributed by atoms with Crippen molar-refractivity contribution in [3.8, 4) is 0 Å². The average Bonchev–Trinajstić information content (AvgIpc) is 3.10. The van der Waals surface area contributed by atoms with Gasteiger partial charge in [-0.15, -0.1) is 0 Å². The van der Waals surface area contributed by atoms with Crippen LogP contribution in [-0.4, -0.2) is 26.4 Å². The van der Waals surface area contributed by atoms with Gasteiger partial charge >= 0.3 is 0 Å². The van der Waals surface area contributed by atoms with E-state index in [4.69, 9.17) is 16.3 Å². The summed E-state index contributed by atoms with van der Waals surface area (Å²) in [6, 6.07) is 0. The Morgan fingerprint density at radius 2 is 2.28 bits per heavy atom. The Labute approximate surface area is 110 Å². The fourth-order valence-electron chi connectivity index (χ4n) is 1.91. The summed E-state index contributed by atoms with van der Waals surface area (Å²) in [4.78, 5) is 8.63. The molecule has 1 fully saturated rings. The first-order valence-corrected chi connectivity index (χ1v) is 6.53. The minimum Gasteiger partial charge on any atom is -0.373 e. The summed E-state index contributed by atoms with van der Waals surface area (Å²) in [5.74, 6) is 1.50. The Hall–Kier alpha value is -1.20. The fraction of sp³-hybridized carbons (Fsp3) is 0.583. The number of nitrogens with zero attached hydrogens (tertiary/aromatic N) is 4. The minimum atomic E-state index is 0.410. The third-order valence-corrected chi connectivity index (χ3v) is 3.48. The molecular formula is C12H15ClN4O. The minimum absolute atomic E-state index is 0.410. The topological polar surface area (TPSA) is 52.8 Å². The molecule has 1 aliphatic carbocycles. The van der Waals surface area contributed by atoms with Crippen LogP contribution < -0.4 is 0 Å². The second-order valence-electron chi connectivity index (χ2n) is 4.72. The Kier molecular flexibility index (Phi) is 3.18. The molecular weight excluding hydrogens is 252 g/mol. The smallest absolute Gasteiger partial charge is 0.162 e. The maximum Gasteiger partial charge on any atom is 0.162 e. The van der Waals surface area contributed by atoms with Crippen LogP contribution in [0.2, 0.25) is 5.15 Å². The standard InChI is InChI=1S/C12H15ClN4O/c1-17-12-9(6-14-17)11(13)15-10(16-12)7-18-5-4-8-2-3-8/h6,8H,2-5,7H2,1H3. The maximum atomic E-state index is 6.09. The highest BCUT2D eigenvalue weighted by molar-refractivity contribution is 6.33. The normalized spacial score (nSPS) is 15.4. The first-order chi connectivity index (χ1) is 8.74. The molecule has 2 heterocycles. The van der Waals surface area contributed by atoms with Crippen LogP contribution in [0.5, 0.6) is 0 Å². The Morgan fingerprint density at radius 1 is 1.44 bits per heavy atom. The second kappa shape index (κ2) is 4.82. The van der Waals surface area contributed by atoms with E-state index in [9.17, 15) is 0 Å². The van der Waals surface area contributed by atoms with Gasteiger partial charge in [0.15, 0.2) is 11.5 Å². The Balaban J connectivity index is 1.68. The molecule has 0 N–H and O–H groups in total. The van der Waals surface area contributed by atoms with E-state index < -0.39 is 0 Å². The van der Waals surface area contributed by atoms with Gasteiger partial charge in [-0.1, -0.05) is 24.4 Å². The molecule has 0 spiro atoms. The molecule has 0 atom stereocenters. The number of ether oxygens (including phenoxy) is 1. The molecule has 2 aromatic rings. The van der Waals surface area contributed by atoms with Crippen LogP contribution in [0.4, 0.5) is 0 Å². The molecule has 0 saturated heterocycles. The van der Waals surface area contributed by atoms with Crippen LogP contribution in [0.25, 0.3) is 11.0 Å². The van der Waals surface area contributed by atoms with Crippen molar-refractivity contribution >= 4 is 22.6 Å². The van der Waals surface area contributed by atoms with Crippen LogP contribution in [0.3, 0.4) is 0 Å². The number of hydrogen-bond acceptors (Lipinski definition) is 4. The van der Waals surface area contributed by atoms with Gasteiger partial charge in [-0.05, 0) is 12.3 Å². The van der Waals surface area contributed by atoms with Crippen molar-refractivity contribution in [3.63, 3.8) is 0 Å². The van der Waals surface area contributed by atoms with Gasteiger partial charge in [-0.25, -0.2) is 9.97 Å². The Morgan fingerprint density at radius 3 is 3.06 bits per heavy atom. The van der Waals surface area contributed by atoms with Crippen LogP contribution in [0.15, 0.2) is 6.20 Å². The van der Waals surface area contributed by atoms with Crippen molar-refractivity contribution in [2.45, 2.75) is 25.9 Å². The van der Waals surface area contributed by atoms with Crippen molar-refractivity contribution in [2.24, 2.45) is 13.0 Å². The first-order valence-electron chi connectivity index (χ1n) is 6.16. The number of halogens is 1. The molecule has 5 nitrogen and oxygen atoms in total. The molecule has 3 rings (SSSR count). The largest absolute Gasteiger partial charge is 0.373 e. The highest BCUT2D eigenvalue weighted by Gasteiger charge is 2.20. The third-order valence-electron chi connectivity index (χ3n) is 3.19. The van der Waals surface area contributed by atoms with E-state index in [1.54, 1.807) is 10.9 Å². The predicted octanol–water partition coefficient (Wildman–Crippen LogP) is 2.33. The van der Waals surface area contributed by atoms with E-state index in [2.05, 4.69) is 15.1 Å². The van der Waals surface area contributed by atoms with Crippen LogP contribution in [-0.2, 0) is 18.4 Å². The maximum absolute atomic E-state index is 6.09. The van der Waals surface area contributed by atoms with Crippen LogP contribution >= 0.6 is 11.6 Å². The molecule has 0 bridgehead atoms. The second-order valence-corrected chi connectivity index (χ2v) is 5.08. The summed E-state index contributed by atoms with van der Waals surface area (Å²) in [7, 11) is 1.84. The molecule has 1 aliphatic rings. The molecule has 18 heavy (non-hydrogen) atoms. The van der Waals surface area contributed by atoms with E-state index in [-0.39, 0.29) is 0 Å². The van der Waals surface area contributed by atoms with Gasteiger partial charge in [0.25, 0.3) is 0 Å². The van der Waals surface area contributed by atoms with E-state index in [1.807, 2.05) is 7.05 Å². The highest BCUT2D eigenvalue weighted by atomic mass is 35.5. The lowest BCUT2D eigenvalue weighted by atomic mass is 10.3. The first kappa shape index (κ1) is 11.9. The summed E-state index contributed by atoms with van der Waals surface area (Å²) in [6.45, 7) is 1.18. The van der Waals surface area contributed by atoms with Gasteiger partial charge in [-0.3, -0.25) is 4.68 Å². The van der Waals surface area contributed by atoms with Crippen molar-refractivity contribution in [3.05, 3.63) is 17.2 Å². The quantitative estimate of drug-likeness (QED) is 0.616. The summed E-state index contributed by atoms with van der Waals surface area (Å²) in [5.41, 5.74) is 0.746. The zero-order chi connectivity index (χ0) is 12.5. The molecule has 1 saturated carbocycles. The monoisotopic (exact) mass is 266 g/mol. The van der Waals surface area contributed by atoms with E-state index >= 15 is 0 Å². The van der Waals surface area contributed by atoms with Crippen molar-refractivity contribution < 1.29 is 4.74 Å². The molecule has 96 valence electrons. The van der Waals surface area contributed by atoms with Gasteiger partial charge in [0.05, 0.1) is 11.6 Å². The molecule has 0 radical (unpaired) electrons. The van der Waals surface area contributed by atoms with Gasteiger partial charge in [0.2, 0.25) is 0 Å². The van der Waals surface area contributed by atoms with E-state index in [0.717, 1.165) is 30.0 Å². The summed E-state index contributed by atoms with van der Waals surface area (Å²) in [6.07, 6.45) is 5.52. The lowest BCUT2D eigenvalue weighted by Gasteiger charge is -2.04. The van der Waals surface area contributed by atoms with Crippen LogP contribution in [0.1, 0.15) is 25.1 Å². The van der Waals surface area contributed by atoms with Crippen molar-refractivity contribution in [1.29, 1.82) is 0 Å². The fourth-order valence-corrected chi connectivity index (χ4v) is 2.15. The number of rotatable bonds is 5.